The van der Waals surface area contributed by atoms with E-state index in [9.17, 15) is 8.42 Å². The maximum Gasteiger partial charge on any atom is 1.00 e. The van der Waals surface area contributed by atoms with Crippen molar-refractivity contribution in [3.63, 3.8) is 0 Å². The quantitative estimate of drug-likeness (QED) is 0.311. The molecule has 1 rings (SSSR count). The smallest absolute Gasteiger partial charge is 0.750 e. The standard InChI is InChI=1S/C7H9NO4S.Na.H2O3S/c1-8-6-2-4-7(5-3-6)12-13(9,10)11;;1-4(2)3/h2-5,8H,1H3,(H,9,10,11);;(H2,1,2,3)/q;+1;/p-1. The molecule has 1 atom stereocenters. The molecule has 0 saturated heterocycles. The van der Waals surface area contributed by atoms with Crippen LogP contribution in [0.1, 0.15) is 0 Å². The van der Waals surface area contributed by atoms with Crippen molar-refractivity contribution in [2.75, 3.05) is 12.4 Å². The van der Waals surface area contributed by atoms with Crippen molar-refractivity contribution < 1.29 is 60.0 Å². The number of hydrogen-bond donors (Lipinski definition) is 3. The second-order valence-corrected chi connectivity index (χ2v) is 3.96. The fraction of sp³-hybridized carbons (Fsp3) is 0.143. The third-order valence-corrected chi connectivity index (χ3v) is 1.75. The van der Waals surface area contributed by atoms with Crippen LogP contribution < -0.4 is 39.1 Å². The van der Waals surface area contributed by atoms with E-state index in [0.29, 0.717) is 0 Å². The van der Waals surface area contributed by atoms with Gasteiger partial charge in [0, 0.05) is 12.7 Å². The summed E-state index contributed by atoms with van der Waals surface area (Å²) in [4.78, 5) is 0. The predicted octanol–water partition coefficient (Wildman–Crippen LogP) is -2.75. The van der Waals surface area contributed by atoms with Gasteiger partial charge in [-0.05, 0) is 24.3 Å². The van der Waals surface area contributed by atoms with Crippen LogP contribution in [0.2, 0.25) is 0 Å². The Morgan fingerprint density at radius 3 is 2.00 bits per heavy atom. The summed E-state index contributed by atoms with van der Waals surface area (Å²) in [6.45, 7) is 0. The Hall–Kier alpha value is -0.200. The van der Waals surface area contributed by atoms with Crippen LogP contribution >= 0.6 is 0 Å². The molecule has 98 valence electrons. The minimum Gasteiger partial charge on any atom is -0.750 e. The average Bonchev–Trinajstić information content (AvgIpc) is 2.15. The van der Waals surface area contributed by atoms with Crippen molar-refractivity contribution in [3.05, 3.63) is 24.3 Å². The van der Waals surface area contributed by atoms with Crippen LogP contribution in [-0.4, -0.2) is 33.3 Å². The molecule has 1 aromatic rings. The molecule has 1 aromatic carbocycles. The van der Waals surface area contributed by atoms with Gasteiger partial charge in [-0.25, -0.2) is 4.21 Å². The minimum atomic E-state index is -4.42. The molecule has 11 heteroatoms. The van der Waals surface area contributed by atoms with Crippen molar-refractivity contribution in [2.24, 2.45) is 0 Å². The SMILES string of the molecule is CNc1ccc(OS(=O)(=O)O)cc1.O=S([O-])O.[Na+]. The zero-order valence-corrected chi connectivity index (χ0v) is 13.2. The van der Waals surface area contributed by atoms with Crippen LogP contribution in [0.5, 0.6) is 5.75 Å². The topological polar surface area (TPSA) is 136 Å². The van der Waals surface area contributed by atoms with Gasteiger partial charge in [0.25, 0.3) is 0 Å². The van der Waals surface area contributed by atoms with Gasteiger partial charge >= 0.3 is 40.0 Å². The largest absolute Gasteiger partial charge is 1.00 e. The van der Waals surface area contributed by atoms with E-state index in [0.717, 1.165) is 5.69 Å². The maximum absolute atomic E-state index is 10.3. The molecule has 0 fully saturated rings. The molecule has 0 aliphatic heterocycles. The maximum atomic E-state index is 10.3. The number of rotatable bonds is 3. The molecule has 0 aliphatic rings. The first-order chi connectivity index (χ1) is 7.74. The Morgan fingerprint density at radius 2 is 1.72 bits per heavy atom. The van der Waals surface area contributed by atoms with Gasteiger partial charge in [-0.15, -0.1) is 0 Å². The summed E-state index contributed by atoms with van der Waals surface area (Å²) in [7, 11) is -2.68. The fourth-order valence-electron chi connectivity index (χ4n) is 0.799. The Labute approximate surface area is 129 Å². The Morgan fingerprint density at radius 1 is 1.33 bits per heavy atom. The zero-order valence-electron chi connectivity index (χ0n) is 9.56. The Balaban J connectivity index is 0. The molecule has 0 bridgehead atoms. The van der Waals surface area contributed by atoms with Crippen LogP contribution in [0, 0.1) is 0 Å². The molecule has 0 saturated carbocycles. The predicted molar refractivity (Wildman–Crippen MR) is 59.7 cm³/mol. The van der Waals surface area contributed by atoms with Crippen LogP contribution in [0.3, 0.4) is 0 Å². The van der Waals surface area contributed by atoms with E-state index in [-0.39, 0.29) is 35.3 Å². The minimum absolute atomic E-state index is 0. The van der Waals surface area contributed by atoms with Gasteiger partial charge in [0.05, 0.1) is 11.4 Å². The van der Waals surface area contributed by atoms with Gasteiger partial charge in [-0.1, -0.05) is 0 Å². The first kappa shape index (κ1) is 20.1. The number of benzene rings is 1. The molecule has 0 heterocycles. The van der Waals surface area contributed by atoms with Gasteiger partial charge in [0.1, 0.15) is 5.75 Å². The van der Waals surface area contributed by atoms with Crippen molar-refractivity contribution in [2.45, 2.75) is 0 Å². The third kappa shape index (κ3) is 12.3. The van der Waals surface area contributed by atoms with Crippen LogP contribution in [0.15, 0.2) is 24.3 Å². The second-order valence-electron chi connectivity index (χ2n) is 2.50. The van der Waals surface area contributed by atoms with Crippen molar-refractivity contribution in [3.8, 4) is 5.75 Å². The first-order valence-electron chi connectivity index (χ1n) is 3.97. The van der Waals surface area contributed by atoms with Crippen LogP contribution in [0.4, 0.5) is 5.69 Å². The van der Waals surface area contributed by atoms with E-state index >= 15 is 0 Å². The molecule has 0 aromatic heterocycles. The van der Waals surface area contributed by atoms with Crippen molar-refractivity contribution >= 4 is 27.4 Å². The first-order valence-corrected chi connectivity index (χ1v) is 6.37. The van der Waals surface area contributed by atoms with E-state index in [1.165, 1.54) is 12.1 Å². The molecule has 0 radical (unpaired) electrons. The molecule has 3 N–H and O–H groups in total. The fourth-order valence-corrected chi connectivity index (χ4v) is 1.15. The number of hydrogen-bond acceptors (Lipinski definition) is 6. The normalized spacial score (nSPS) is 11.3. The van der Waals surface area contributed by atoms with Gasteiger partial charge in [0.2, 0.25) is 0 Å². The van der Waals surface area contributed by atoms with Gasteiger partial charge in [-0.2, -0.15) is 8.42 Å². The molecule has 8 nitrogen and oxygen atoms in total. The van der Waals surface area contributed by atoms with E-state index < -0.39 is 21.8 Å². The van der Waals surface area contributed by atoms with E-state index in [1.54, 1.807) is 19.2 Å². The zero-order chi connectivity index (χ0) is 13.5. The van der Waals surface area contributed by atoms with Gasteiger partial charge in [0.15, 0.2) is 0 Å². The van der Waals surface area contributed by atoms with Crippen LogP contribution in [-0.2, 0) is 21.8 Å². The summed E-state index contributed by atoms with van der Waals surface area (Å²) in [6, 6.07) is 6.11. The van der Waals surface area contributed by atoms with Gasteiger partial charge < -0.3 is 18.6 Å². The second kappa shape index (κ2) is 9.69. The van der Waals surface area contributed by atoms with E-state index in [4.69, 9.17) is 17.9 Å². The Kier molecular flexibility index (Phi) is 10.8. The molecule has 0 aliphatic carbocycles. The third-order valence-electron chi connectivity index (χ3n) is 1.34. The summed E-state index contributed by atoms with van der Waals surface area (Å²) in [5.74, 6) is 0.0708. The molecular weight excluding hydrogens is 297 g/mol. The molecule has 0 amide bonds. The summed E-state index contributed by atoms with van der Waals surface area (Å²) in [5.41, 5.74) is 0.822. The Bertz CT molecular complexity index is 457. The molecular formula is C7H10NNaO7S2. The van der Waals surface area contributed by atoms with Gasteiger partial charge in [-0.3, -0.25) is 4.55 Å². The van der Waals surface area contributed by atoms with Crippen molar-refractivity contribution in [1.82, 2.24) is 0 Å². The molecule has 1 unspecified atom stereocenters. The average molecular weight is 307 g/mol. The summed E-state index contributed by atoms with van der Waals surface area (Å²) in [5, 5.41) is 2.85. The van der Waals surface area contributed by atoms with Crippen molar-refractivity contribution in [1.29, 1.82) is 0 Å². The summed E-state index contributed by atoms with van der Waals surface area (Å²) < 4.78 is 57.2. The number of anilines is 1. The van der Waals surface area contributed by atoms with E-state index in [2.05, 4.69) is 9.50 Å². The molecule has 0 spiro atoms. The van der Waals surface area contributed by atoms with E-state index in [1.807, 2.05) is 0 Å². The number of nitrogens with one attached hydrogen (secondary N) is 1. The monoisotopic (exact) mass is 307 g/mol. The molecule has 18 heavy (non-hydrogen) atoms. The van der Waals surface area contributed by atoms with Crippen LogP contribution in [0.25, 0.3) is 0 Å². The summed E-state index contributed by atoms with van der Waals surface area (Å²) in [6.07, 6.45) is 0. The summed E-state index contributed by atoms with van der Waals surface area (Å²) >= 11 is -2.86.